The van der Waals surface area contributed by atoms with Crippen LogP contribution in [0.15, 0.2) is 23.1 Å². The fraction of sp³-hybridized carbons (Fsp3) is 0.571. The third-order valence-electron chi connectivity index (χ3n) is 2.79. The summed E-state index contributed by atoms with van der Waals surface area (Å²) in [6.07, 6.45) is 0.807. The molecule has 0 radical (unpaired) electrons. The van der Waals surface area contributed by atoms with Gasteiger partial charge in [0.05, 0.1) is 6.61 Å². The van der Waals surface area contributed by atoms with Crippen molar-refractivity contribution in [3.8, 4) is 0 Å². The minimum absolute atomic E-state index is 0.0324. The van der Waals surface area contributed by atoms with E-state index in [0.29, 0.717) is 5.25 Å². The highest BCUT2D eigenvalue weighted by Crippen LogP contribution is 2.30. The normalized spacial score (nSPS) is 16.6. The van der Waals surface area contributed by atoms with E-state index in [2.05, 4.69) is 39.0 Å². The summed E-state index contributed by atoms with van der Waals surface area (Å²) in [5.41, 5.74) is 8.07. The second-order valence-corrected chi connectivity index (χ2v) is 6.69. The van der Waals surface area contributed by atoms with Gasteiger partial charge in [0.2, 0.25) is 0 Å². The Hall–Kier alpha value is -0.510. The molecular formula is C14H23NOS. The zero-order chi connectivity index (χ0) is 13.1. The average molecular weight is 253 g/mol. The fourth-order valence-corrected chi connectivity index (χ4v) is 3.22. The van der Waals surface area contributed by atoms with Gasteiger partial charge in [-0.25, -0.2) is 0 Å². The molecule has 0 aromatic heterocycles. The lowest BCUT2D eigenvalue weighted by atomic mass is 9.99. The highest BCUT2D eigenvalue weighted by atomic mass is 32.2. The predicted octanol–water partition coefficient (Wildman–Crippen LogP) is 2.88. The van der Waals surface area contributed by atoms with Crippen LogP contribution < -0.4 is 5.73 Å². The number of thioether (sulfide) groups is 1. The summed E-state index contributed by atoms with van der Waals surface area (Å²) in [6.45, 7) is 8.32. The van der Waals surface area contributed by atoms with E-state index >= 15 is 0 Å². The van der Waals surface area contributed by atoms with Gasteiger partial charge in [0.15, 0.2) is 0 Å². The molecule has 0 aliphatic heterocycles. The van der Waals surface area contributed by atoms with Gasteiger partial charge in [0, 0.05) is 15.7 Å². The minimum atomic E-state index is -0.482. The molecule has 0 heterocycles. The molecule has 2 nitrogen and oxygen atoms in total. The standard InChI is InChI=1S/C14H23NOS/c1-10-5-6-11(2)13(7-10)17-12(3)8-14(4,15)9-16/h5-7,12,16H,8-9,15H2,1-4H3. The molecule has 1 aromatic rings. The van der Waals surface area contributed by atoms with Crippen LogP contribution in [0.3, 0.4) is 0 Å². The number of nitrogens with two attached hydrogens (primary N) is 1. The van der Waals surface area contributed by atoms with Crippen LogP contribution in [0.25, 0.3) is 0 Å². The van der Waals surface area contributed by atoms with Crippen molar-refractivity contribution in [2.75, 3.05) is 6.61 Å². The van der Waals surface area contributed by atoms with Gasteiger partial charge in [-0.15, -0.1) is 11.8 Å². The first-order chi connectivity index (χ1) is 7.84. The monoisotopic (exact) mass is 253 g/mol. The van der Waals surface area contributed by atoms with Crippen molar-refractivity contribution < 1.29 is 5.11 Å². The Labute approximate surface area is 109 Å². The lowest BCUT2D eigenvalue weighted by molar-refractivity contribution is 0.201. The quantitative estimate of drug-likeness (QED) is 0.793. The molecule has 0 saturated heterocycles. The van der Waals surface area contributed by atoms with E-state index in [0.717, 1.165) is 6.42 Å². The van der Waals surface area contributed by atoms with Crippen molar-refractivity contribution in [3.05, 3.63) is 29.3 Å². The van der Waals surface area contributed by atoms with E-state index in [-0.39, 0.29) is 6.61 Å². The van der Waals surface area contributed by atoms with E-state index in [1.807, 2.05) is 18.7 Å². The first-order valence-corrected chi connectivity index (χ1v) is 6.86. The molecule has 3 N–H and O–H groups in total. The maximum Gasteiger partial charge on any atom is 0.0608 e. The molecule has 3 heteroatoms. The van der Waals surface area contributed by atoms with Gasteiger partial charge in [0.25, 0.3) is 0 Å². The molecule has 1 aromatic carbocycles. The van der Waals surface area contributed by atoms with Gasteiger partial charge in [-0.1, -0.05) is 24.6 Å². The van der Waals surface area contributed by atoms with Crippen molar-refractivity contribution in [3.63, 3.8) is 0 Å². The average Bonchev–Trinajstić information content (AvgIpc) is 2.23. The molecule has 17 heavy (non-hydrogen) atoms. The molecule has 0 aliphatic rings. The van der Waals surface area contributed by atoms with Crippen LogP contribution in [-0.4, -0.2) is 22.5 Å². The molecular weight excluding hydrogens is 230 g/mol. The molecule has 0 aliphatic carbocycles. The topological polar surface area (TPSA) is 46.2 Å². The van der Waals surface area contributed by atoms with E-state index in [4.69, 9.17) is 5.73 Å². The van der Waals surface area contributed by atoms with Gasteiger partial charge in [0.1, 0.15) is 0 Å². The Bertz CT molecular complexity index is 376. The van der Waals surface area contributed by atoms with Crippen LogP contribution in [0.2, 0.25) is 0 Å². The molecule has 0 saturated carbocycles. The van der Waals surface area contributed by atoms with Crippen LogP contribution in [0.4, 0.5) is 0 Å². The number of aliphatic hydroxyl groups excluding tert-OH is 1. The number of hydrogen-bond donors (Lipinski definition) is 2. The van der Waals surface area contributed by atoms with Crippen molar-refractivity contribution in [1.29, 1.82) is 0 Å². The van der Waals surface area contributed by atoms with Crippen molar-refractivity contribution >= 4 is 11.8 Å². The molecule has 2 atom stereocenters. The summed E-state index contributed by atoms with van der Waals surface area (Å²) in [6, 6.07) is 6.49. The van der Waals surface area contributed by atoms with Crippen molar-refractivity contribution in [2.24, 2.45) is 5.73 Å². The highest BCUT2D eigenvalue weighted by Gasteiger charge is 2.21. The van der Waals surface area contributed by atoms with E-state index in [1.54, 1.807) is 0 Å². The number of aryl methyl sites for hydroxylation is 2. The molecule has 0 spiro atoms. The number of aliphatic hydroxyl groups is 1. The third-order valence-corrected chi connectivity index (χ3v) is 4.05. The van der Waals surface area contributed by atoms with Gasteiger partial charge in [-0.2, -0.15) is 0 Å². The Kier molecular flexibility index (Phi) is 5.04. The van der Waals surface area contributed by atoms with Gasteiger partial charge in [-0.05, 0) is 38.8 Å². The minimum Gasteiger partial charge on any atom is -0.394 e. The fourth-order valence-electron chi connectivity index (χ4n) is 1.81. The summed E-state index contributed by atoms with van der Waals surface area (Å²) in [7, 11) is 0. The molecule has 0 fully saturated rings. The summed E-state index contributed by atoms with van der Waals surface area (Å²) in [5, 5.41) is 9.57. The summed E-state index contributed by atoms with van der Waals surface area (Å²) in [4.78, 5) is 1.31. The molecule has 96 valence electrons. The van der Waals surface area contributed by atoms with Crippen LogP contribution in [0, 0.1) is 13.8 Å². The lowest BCUT2D eigenvalue weighted by Crippen LogP contribution is -2.42. The maximum absolute atomic E-state index is 9.17. The Morgan fingerprint density at radius 2 is 2.06 bits per heavy atom. The van der Waals surface area contributed by atoms with E-state index in [1.165, 1.54) is 16.0 Å². The number of rotatable bonds is 5. The lowest BCUT2D eigenvalue weighted by Gasteiger charge is -2.25. The zero-order valence-corrected chi connectivity index (χ0v) is 12.0. The Morgan fingerprint density at radius 1 is 1.41 bits per heavy atom. The van der Waals surface area contributed by atoms with E-state index < -0.39 is 5.54 Å². The molecule has 2 unspecified atom stereocenters. The smallest absolute Gasteiger partial charge is 0.0608 e. The van der Waals surface area contributed by atoms with Crippen molar-refractivity contribution in [2.45, 2.75) is 49.8 Å². The maximum atomic E-state index is 9.17. The summed E-state index contributed by atoms with van der Waals surface area (Å²) in [5.74, 6) is 0. The predicted molar refractivity (Wildman–Crippen MR) is 75.5 cm³/mol. The third kappa shape index (κ3) is 4.70. The first kappa shape index (κ1) is 14.6. The summed E-state index contributed by atoms with van der Waals surface area (Å²) >= 11 is 1.84. The van der Waals surface area contributed by atoms with Crippen LogP contribution >= 0.6 is 11.8 Å². The zero-order valence-electron chi connectivity index (χ0n) is 11.2. The Balaban J connectivity index is 2.68. The SMILES string of the molecule is Cc1ccc(C)c(SC(C)CC(C)(N)CO)c1. The number of benzene rings is 1. The van der Waals surface area contributed by atoms with Crippen LogP contribution in [-0.2, 0) is 0 Å². The van der Waals surface area contributed by atoms with E-state index in [9.17, 15) is 5.11 Å². The second-order valence-electron chi connectivity index (χ2n) is 5.21. The number of hydrogen-bond acceptors (Lipinski definition) is 3. The molecule has 0 bridgehead atoms. The van der Waals surface area contributed by atoms with Crippen molar-refractivity contribution in [1.82, 2.24) is 0 Å². The first-order valence-electron chi connectivity index (χ1n) is 5.98. The second kappa shape index (κ2) is 5.89. The van der Waals surface area contributed by atoms with Gasteiger partial charge in [-0.3, -0.25) is 0 Å². The summed E-state index contributed by atoms with van der Waals surface area (Å²) < 4.78 is 0. The van der Waals surface area contributed by atoms with Crippen LogP contribution in [0.1, 0.15) is 31.4 Å². The highest BCUT2D eigenvalue weighted by molar-refractivity contribution is 8.00. The molecule has 1 rings (SSSR count). The largest absolute Gasteiger partial charge is 0.394 e. The van der Waals surface area contributed by atoms with Crippen LogP contribution in [0.5, 0.6) is 0 Å². The Morgan fingerprint density at radius 3 is 2.65 bits per heavy atom. The van der Waals surface area contributed by atoms with Gasteiger partial charge < -0.3 is 10.8 Å². The molecule has 0 amide bonds. The van der Waals surface area contributed by atoms with Gasteiger partial charge >= 0.3 is 0 Å².